The summed E-state index contributed by atoms with van der Waals surface area (Å²) in [6, 6.07) is 9.58. The van der Waals surface area contributed by atoms with E-state index in [2.05, 4.69) is 20.8 Å². The maximum absolute atomic E-state index is 13.2. The van der Waals surface area contributed by atoms with Crippen LogP contribution in [0, 0.1) is 5.92 Å². The number of para-hydroxylation sites is 1. The van der Waals surface area contributed by atoms with Gasteiger partial charge in [0.2, 0.25) is 0 Å². The molecule has 1 aromatic carbocycles. The molecule has 2 aromatic heterocycles. The topological polar surface area (TPSA) is 56.0 Å². The molecule has 1 amide bonds. The maximum atomic E-state index is 13.2. The van der Waals surface area contributed by atoms with E-state index in [4.69, 9.17) is 0 Å². The molecule has 28 heavy (non-hydrogen) atoms. The van der Waals surface area contributed by atoms with Crippen LogP contribution in [0.1, 0.15) is 47.8 Å². The number of nitrogens with zero attached hydrogens (tertiary/aromatic N) is 5. The molecule has 5 rings (SSSR count). The van der Waals surface area contributed by atoms with Crippen LogP contribution in [0.15, 0.2) is 55.1 Å². The Kier molecular flexibility index (Phi) is 4.47. The van der Waals surface area contributed by atoms with Gasteiger partial charge in [0.05, 0.1) is 11.3 Å². The highest BCUT2D eigenvalue weighted by Gasteiger charge is 2.29. The average molecular weight is 375 g/mol. The molecule has 2 aliphatic rings. The van der Waals surface area contributed by atoms with Gasteiger partial charge in [0.25, 0.3) is 5.91 Å². The van der Waals surface area contributed by atoms with Crippen LogP contribution in [0.2, 0.25) is 0 Å². The first kappa shape index (κ1) is 17.2. The highest BCUT2D eigenvalue weighted by Crippen LogP contribution is 2.33. The van der Waals surface area contributed by atoms with E-state index >= 15 is 0 Å². The van der Waals surface area contributed by atoms with Gasteiger partial charge in [-0.15, -0.1) is 0 Å². The van der Waals surface area contributed by atoms with Gasteiger partial charge in [-0.05, 0) is 49.8 Å². The van der Waals surface area contributed by atoms with E-state index in [0.29, 0.717) is 11.5 Å². The summed E-state index contributed by atoms with van der Waals surface area (Å²) in [4.78, 5) is 19.8. The quantitative estimate of drug-likeness (QED) is 0.686. The second-order valence-corrected chi connectivity index (χ2v) is 7.92. The molecule has 3 heterocycles. The predicted molar refractivity (Wildman–Crippen MR) is 106 cm³/mol. The van der Waals surface area contributed by atoms with Gasteiger partial charge in [-0.25, -0.2) is 9.67 Å². The van der Waals surface area contributed by atoms with Crippen LogP contribution < -0.4 is 0 Å². The highest BCUT2D eigenvalue weighted by molar-refractivity contribution is 5.97. The van der Waals surface area contributed by atoms with Crippen LogP contribution in [-0.2, 0) is 6.54 Å². The van der Waals surface area contributed by atoms with Crippen LogP contribution in [0.3, 0.4) is 0 Å². The van der Waals surface area contributed by atoms with E-state index in [1.54, 1.807) is 10.9 Å². The van der Waals surface area contributed by atoms with E-state index < -0.39 is 0 Å². The zero-order valence-electron chi connectivity index (χ0n) is 15.9. The number of hydrogen-bond acceptors (Lipinski definition) is 3. The van der Waals surface area contributed by atoms with Crippen molar-refractivity contribution in [2.75, 3.05) is 13.1 Å². The molecule has 3 aromatic rings. The molecule has 6 heteroatoms. The Morgan fingerprint density at radius 2 is 1.82 bits per heavy atom. The average Bonchev–Trinajstić information content (AvgIpc) is 3.19. The van der Waals surface area contributed by atoms with Crippen LogP contribution in [0.5, 0.6) is 0 Å². The molecular weight excluding hydrogens is 350 g/mol. The maximum Gasteiger partial charge on any atom is 0.256 e. The normalized spacial score (nSPS) is 17.8. The third kappa shape index (κ3) is 3.35. The zero-order valence-corrected chi connectivity index (χ0v) is 15.9. The summed E-state index contributed by atoms with van der Waals surface area (Å²) < 4.78 is 4.10. The SMILES string of the molecule is O=C(c1ccccc1-n1cccn1)N1CCC(c2nccn2CC2CC2)CC1. The number of imidazole rings is 1. The summed E-state index contributed by atoms with van der Waals surface area (Å²) in [5.41, 5.74) is 1.54. The molecule has 2 fully saturated rings. The summed E-state index contributed by atoms with van der Waals surface area (Å²) in [5.74, 6) is 2.58. The minimum atomic E-state index is 0.0888. The minimum Gasteiger partial charge on any atom is -0.339 e. The van der Waals surface area contributed by atoms with Gasteiger partial charge in [0.15, 0.2) is 0 Å². The number of carbonyl (C=O) groups excluding carboxylic acids is 1. The lowest BCUT2D eigenvalue weighted by Crippen LogP contribution is -2.38. The van der Waals surface area contributed by atoms with Crippen molar-refractivity contribution in [3.05, 3.63) is 66.5 Å². The van der Waals surface area contributed by atoms with E-state index in [-0.39, 0.29) is 5.91 Å². The Balaban J connectivity index is 1.29. The Bertz CT molecular complexity index is 949. The van der Waals surface area contributed by atoms with Crippen molar-refractivity contribution in [1.82, 2.24) is 24.2 Å². The van der Waals surface area contributed by atoms with Crippen molar-refractivity contribution in [1.29, 1.82) is 0 Å². The largest absolute Gasteiger partial charge is 0.339 e. The lowest BCUT2D eigenvalue weighted by molar-refractivity contribution is 0.0710. The van der Waals surface area contributed by atoms with E-state index in [1.807, 2.05) is 47.6 Å². The van der Waals surface area contributed by atoms with E-state index in [1.165, 1.54) is 18.7 Å². The lowest BCUT2D eigenvalue weighted by Gasteiger charge is -2.32. The Labute approximate surface area is 164 Å². The number of rotatable bonds is 5. The molecule has 6 nitrogen and oxygen atoms in total. The van der Waals surface area contributed by atoms with Gasteiger partial charge in [-0.1, -0.05) is 12.1 Å². The molecule has 1 aliphatic carbocycles. The van der Waals surface area contributed by atoms with Gasteiger partial charge < -0.3 is 9.47 Å². The monoisotopic (exact) mass is 375 g/mol. The van der Waals surface area contributed by atoms with Crippen molar-refractivity contribution in [2.45, 2.75) is 38.1 Å². The first-order valence-electron chi connectivity index (χ1n) is 10.2. The third-order valence-corrected chi connectivity index (χ3v) is 5.93. The molecule has 144 valence electrons. The first-order valence-corrected chi connectivity index (χ1v) is 10.2. The van der Waals surface area contributed by atoms with Crippen LogP contribution in [0.4, 0.5) is 0 Å². The van der Waals surface area contributed by atoms with Gasteiger partial charge in [-0.2, -0.15) is 5.10 Å². The molecule has 0 unspecified atom stereocenters. The first-order chi connectivity index (χ1) is 13.8. The van der Waals surface area contributed by atoms with Crippen molar-refractivity contribution in [3.8, 4) is 5.69 Å². The van der Waals surface area contributed by atoms with Crippen molar-refractivity contribution >= 4 is 5.91 Å². The fourth-order valence-corrected chi connectivity index (χ4v) is 4.19. The Morgan fingerprint density at radius 3 is 2.57 bits per heavy atom. The molecule has 0 N–H and O–H groups in total. The summed E-state index contributed by atoms with van der Waals surface area (Å²) in [6.07, 6.45) is 12.3. The smallest absolute Gasteiger partial charge is 0.256 e. The van der Waals surface area contributed by atoms with Gasteiger partial charge in [0, 0.05) is 50.3 Å². The molecule has 1 saturated heterocycles. The molecular formula is C22H25N5O. The molecule has 1 saturated carbocycles. The number of hydrogen-bond donors (Lipinski definition) is 0. The standard InChI is InChI=1S/C22H25N5O/c28-22(19-4-1-2-5-20(19)27-12-3-10-24-27)25-13-8-18(9-14-25)21-23-11-15-26(21)16-17-6-7-17/h1-5,10-12,15,17-18H,6-9,13-14,16H2. The second-order valence-electron chi connectivity index (χ2n) is 7.92. The minimum absolute atomic E-state index is 0.0888. The molecule has 0 atom stereocenters. The second kappa shape index (κ2) is 7.26. The summed E-state index contributed by atoms with van der Waals surface area (Å²) in [6.45, 7) is 2.65. The summed E-state index contributed by atoms with van der Waals surface area (Å²) in [7, 11) is 0. The molecule has 0 bridgehead atoms. The van der Waals surface area contributed by atoms with Crippen molar-refractivity contribution in [2.24, 2.45) is 5.92 Å². The van der Waals surface area contributed by atoms with Crippen molar-refractivity contribution < 1.29 is 4.79 Å². The van der Waals surface area contributed by atoms with Crippen LogP contribution in [0.25, 0.3) is 5.69 Å². The van der Waals surface area contributed by atoms with E-state index in [9.17, 15) is 4.79 Å². The van der Waals surface area contributed by atoms with Gasteiger partial charge >= 0.3 is 0 Å². The Morgan fingerprint density at radius 1 is 1.00 bits per heavy atom. The Hall–Kier alpha value is -2.89. The van der Waals surface area contributed by atoms with E-state index in [0.717, 1.165) is 44.1 Å². The summed E-state index contributed by atoms with van der Waals surface area (Å²) in [5, 5.41) is 4.29. The summed E-state index contributed by atoms with van der Waals surface area (Å²) >= 11 is 0. The number of carbonyl (C=O) groups is 1. The highest BCUT2D eigenvalue weighted by atomic mass is 16.2. The van der Waals surface area contributed by atoms with Crippen molar-refractivity contribution in [3.63, 3.8) is 0 Å². The zero-order chi connectivity index (χ0) is 18.9. The molecule has 0 spiro atoms. The molecule has 1 aliphatic heterocycles. The third-order valence-electron chi connectivity index (χ3n) is 5.93. The van der Waals surface area contributed by atoms with Crippen LogP contribution >= 0.6 is 0 Å². The number of piperidine rings is 1. The number of likely N-dealkylation sites (tertiary alicyclic amines) is 1. The predicted octanol–water partition coefficient (Wildman–Crippen LogP) is 3.50. The number of amides is 1. The fraction of sp³-hybridized carbons (Fsp3) is 0.409. The van der Waals surface area contributed by atoms with Crippen LogP contribution in [-0.4, -0.2) is 43.2 Å². The fourth-order valence-electron chi connectivity index (χ4n) is 4.19. The molecule has 0 radical (unpaired) electrons. The lowest BCUT2D eigenvalue weighted by atomic mass is 9.95. The van der Waals surface area contributed by atoms with Gasteiger partial charge in [-0.3, -0.25) is 4.79 Å². The van der Waals surface area contributed by atoms with Gasteiger partial charge in [0.1, 0.15) is 5.82 Å². The number of benzene rings is 1. The number of aromatic nitrogens is 4.